The van der Waals surface area contributed by atoms with Gasteiger partial charge in [-0.1, -0.05) is 11.6 Å². The van der Waals surface area contributed by atoms with Gasteiger partial charge in [-0.15, -0.1) is 0 Å². The van der Waals surface area contributed by atoms with Gasteiger partial charge in [0.15, 0.2) is 0 Å². The second-order valence-corrected chi connectivity index (χ2v) is 7.62. The normalized spacial score (nSPS) is 18.7. The molecular formula is C20H23ClN4O2. The zero-order chi connectivity index (χ0) is 19.1. The molecule has 2 aromatic heterocycles. The first-order valence-corrected chi connectivity index (χ1v) is 9.54. The summed E-state index contributed by atoms with van der Waals surface area (Å²) < 4.78 is 5.21. The maximum absolute atomic E-state index is 13.1. The van der Waals surface area contributed by atoms with E-state index in [1.807, 2.05) is 30.9 Å². The average Bonchev–Trinajstić information content (AvgIpc) is 3.33. The lowest BCUT2D eigenvalue weighted by Gasteiger charge is -2.21. The number of amides is 1. The van der Waals surface area contributed by atoms with Crippen LogP contribution < -0.4 is 9.64 Å². The minimum atomic E-state index is -0.00431. The zero-order valence-electron chi connectivity index (χ0n) is 15.8. The van der Waals surface area contributed by atoms with Crippen molar-refractivity contribution >= 4 is 23.2 Å². The number of hydrogen-bond donors (Lipinski definition) is 0. The maximum atomic E-state index is 13.1. The van der Waals surface area contributed by atoms with Crippen LogP contribution in [0.5, 0.6) is 5.88 Å². The molecule has 2 aliphatic heterocycles. The summed E-state index contributed by atoms with van der Waals surface area (Å²) in [5, 5.41) is 0.710. The van der Waals surface area contributed by atoms with E-state index in [9.17, 15) is 4.79 Å². The number of hydrogen-bond acceptors (Lipinski definition) is 5. The first kappa shape index (κ1) is 18.0. The topological polar surface area (TPSA) is 58.6 Å². The third-order valence-electron chi connectivity index (χ3n) is 5.58. The van der Waals surface area contributed by atoms with Crippen LogP contribution in [0.15, 0.2) is 18.3 Å². The van der Waals surface area contributed by atoms with Crippen molar-refractivity contribution < 1.29 is 9.53 Å². The summed E-state index contributed by atoms with van der Waals surface area (Å²) in [4.78, 5) is 26.0. The minimum absolute atomic E-state index is 0.00431. The molecule has 0 unspecified atom stereocenters. The van der Waals surface area contributed by atoms with Crippen molar-refractivity contribution in [2.45, 2.75) is 33.4 Å². The van der Waals surface area contributed by atoms with Gasteiger partial charge in [0.1, 0.15) is 0 Å². The first-order chi connectivity index (χ1) is 13.0. The van der Waals surface area contributed by atoms with Crippen molar-refractivity contribution in [3.05, 3.63) is 45.9 Å². The molecule has 2 aromatic rings. The van der Waals surface area contributed by atoms with Crippen molar-refractivity contribution in [2.24, 2.45) is 5.92 Å². The fraction of sp³-hybridized carbons (Fsp3) is 0.450. The largest absolute Gasteiger partial charge is 0.481 e. The van der Waals surface area contributed by atoms with Crippen LogP contribution in [-0.4, -0.2) is 41.0 Å². The molecule has 0 N–H and O–H groups in total. The Morgan fingerprint density at radius 3 is 2.93 bits per heavy atom. The molecule has 27 heavy (non-hydrogen) atoms. The van der Waals surface area contributed by atoms with E-state index in [2.05, 4.69) is 14.9 Å². The summed E-state index contributed by atoms with van der Waals surface area (Å²) in [6, 6.07) is 3.87. The summed E-state index contributed by atoms with van der Waals surface area (Å²) in [6.07, 6.45) is 2.59. The van der Waals surface area contributed by atoms with Crippen molar-refractivity contribution in [1.82, 2.24) is 14.9 Å². The van der Waals surface area contributed by atoms with Crippen LogP contribution in [0.2, 0.25) is 5.02 Å². The van der Waals surface area contributed by atoms with Gasteiger partial charge in [0.25, 0.3) is 0 Å². The molecule has 0 aliphatic carbocycles. The molecular weight excluding hydrogens is 364 g/mol. The second-order valence-electron chi connectivity index (χ2n) is 7.24. The molecule has 0 spiro atoms. The molecule has 4 rings (SSSR count). The van der Waals surface area contributed by atoms with Crippen LogP contribution in [0.25, 0.3) is 0 Å². The Bertz CT molecular complexity index is 902. The molecule has 4 heterocycles. The lowest BCUT2D eigenvalue weighted by Crippen LogP contribution is -2.34. The van der Waals surface area contributed by atoms with Crippen molar-refractivity contribution in [3.63, 3.8) is 0 Å². The van der Waals surface area contributed by atoms with E-state index in [0.29, 0.717) is 30.5 Å². The lowest BCUT2D eigenvalue weighted by molar-refractivity contribution is -0.135. The van der Waals surface area contributed by atoms with Crippen molar-refractivity contribution in [3.8, 4) is 5.88 Å². The Morgan fingerprint density at radius 2 is 2.15 bits per heavy atom. The van der Waals surface area contributed by atoms with Gasteiger partial charge in [-0.2, -0.15) is 0 Å². The molecule has 7 heteroatoms. The SMILES string of the molecule is COc1cc(N2CC[C@@H](C(=O)N3Cc4nc(C)c(Cl)c(C)c4C3)C2)ccn1. The molecule has 0 aromatic carbocycles. The van der Waals surface area contributed by atoms with Gasteiger partial charge >= 0.3 is 0 Å². The number of fused-ring (bicyclic) bond motifs is 1. The number of aryl methyl sites for hydroxylation is 1. The highest BCUT2D eigenvalue weighted by molar-refractivity contribution is 6.32. The van der Waals surface area contributed by atoms with Crippen LogP contribution in [0.4, 0.5) is 5.69 Å². The Morgan fingerprint density at radius 1 is 1.33 bits per heavy atom. The standard InChI is InChI=1S/C20H23ClN4O2/c1-12-16-10-25(11-17(16)23-13(2)19(12)21)20(26)14-5-7-24(9-14)15-4-6-22-18(8-15)27-3/h4,6,8,14H,5,7,9-11H2,1-3H3/t14-/m1/s1. The molecule has 1 atom stereocenters. The Labute approximate surface area is 164 Å². The van der Waals surface area contributed by atoms with E-state index in [0.717, 1.165) is 41.2 Å². The van der Waals surface area contributed by atoms with E-state index < -0.39 is 0 Å². The predicted octanol–water partition coefficient (Wildman–Crippen LogP) is 3.12. The van der Waals surface area contributed by atoms with Gasteiger partial charge in [-0.3, -0.25) is 9.78 Å². The number of aromatic nitrogens is 2. The average molecular weight is 387 g/mol. The lowest BCUT2D eigenvalue weighted by atomic mass is 10.1. The number of ether oxygens (including phenoxy) is 1. The Hall–Kier alpha value is -2.34. The monoisotopic (exact) mass is 386 g/mol. The third kappa shape index (κ3) is 3.23. The highest BCUT2D eigenvalue weighted by atomic mass is 35.5. The molecule has 0 radical (unpaired) electrons. The van der Waals surface area contributed by atoms with Gasteiger partial charge in [0.05, 0.1) is 36.0 Å². The van der Waals surface area contributed by atoms with Crippen LogP contribution in [0.3, 0.4) is 0 Å². The molecule has 0 bridgehead atoms. The van der Waals surface area contributed by atoms with Gasteiger partial charge in [-0.25, -0.2) is 4.98 Å². The summed E-state index contributed by atoms with van der Waals surface area (Å²) in [5.74, 6) is 0.783. The van der Waals surface area contributed by atoms with Gasteiger partial charge in [-0.05, 0) is 37.5 Å². The van der Waals surface area contributed by atoms with E-state index in [1.54, 1.807) is 13.3 Å². The Kier molecular flexibility index (Phi) is 4.68. The summed E-state index contributed by atoms with van der Waals surface area (Å²) in [6.45, 7) is 6.67. The quantitative estimate of drug-likeness (QED) is 0.811. The second kappa shape index (κ2) is 7.00. The van der Waals surface area contributed by atoms with E-state index in [-0.39, 0.29) is 11.8 Å². The van der Waals surface area contributed by atoms with E-state index in [4.69, 9.17) is 16.3 Å². The molecule has 142 valence electrons. The number of anilines is 1. The predicted molar refractivity (Wildman–Crippen MR) is 104 cm³/mol. The highest BCUT2D eigenvalue weighted by Gasteiger charge is 2.35. The molecule has 0 saturated carbocycles. The number of pyridine rings is 2. The number of carbonyl (C=O) groups excluding carboxylic acids is 1. The van der Waals surface area contributed by atoms with Crippen LogP contribution >= 0.6 is 11.6 Å². The van der Waals surface area contributed by atoms with Crippen LogP contribution in [-0.2, 0) is 17.9 Å². The highest BCUT2D eigenvalue weighted by Crippen LogP contribution is 2.33. The fourth-order valence-electron chi connectivity index (χ4n) is 4.03. The molecule has 1 amide bonds. The van der Waals surface area contributed by atoms with E-state index >= 15 is 0 Å². The number of carbonyl (C=O) groups is 1. The van der Waals surface area contributed by atoms with E-state index in [1.165, 1.54) is 0 Å². The third-order valence-corrected chi connectivity index (χ3v) is 6.14. The summed E-state index contributed by atoms with van der Waals surface area (Å²) >= 11 is 6.34. The number of rotatable bonds is 3. The summed E-state index contributed by atoms with van der Waals surface area (Å²) in [7, 11) is 1.61. The molecule has 1 fully saturated rings. The fourth-order valence-corrected chi connectivity index (χ4v) is 4.18. The smallest absolute Gasteiger partial charge is 0.228 e. The first-order valence-electron chi connectivity index (χ1n) is 9.16. The maximum Gasteiger partial charge on any atom is 0.228 e. The van der Waals surface area contributed by atoms with Crippen LogP contribution in [0, 0.1) is 19.8 Å². The van der Waals surface area contributed by atoms with Gasteiger partial charge < -0.3 is 14.5 Å². The van der Waals surface area contributed by atoms with Crippen molar-refractivity contribution in [2.75, 3.05) is 25.1 Å². The molecule has 2 aliphatic rings. The van der Waals surface area contributed by atoms with Gasteiger partial charge in [0, 0.05) is 37.6 Å². The van der Waals surface area contributed by atoms with Gasteiger partial charge in [0.2, 0.25) is 11.8 Å². The molecule has 6 nitrogen and oxygen atoms in total. The zero-order valence-corrected chi connectivity index (χ0v) is 16.6. The molecule has 1 saturated heterocycles. The number of methoxy groups -OCH3 is 1. The summed E-state index contributed by atoms with van der Waals surface area (Å²) in [5.41, 5.74) is 5.01. The van der Waals surface area contributed by atoms with Crippen LogP contribution in [0.1, 0.15) is 28.9 Å². The number of halogens is 1. The number of nitrogens with zero attached hydrogens (tertiary/aromatic N) is 4. The van der Waals surface area contributed by atoms with Crippen molar-refractivity contribution in [1.29, 1.82) is 0 Å². The minimum Gasteiger partial charge on any atom is -0.481 e. The Balaban J connectivity index is 1.46.